The minimum atomic E-state index is 0.613. The van der Waals surface area contributed by atoms with Gasteiger partial charge in [0.2, 0.25) is 0 Å². The predicted molar refractivity (Wildman–Crippen MR) is 79.9 cm³/mol. The van der Waals surface area contributed by atoms with Crippen LogP contribution in [0.3, 0.4) is 0 Å². The lowest BCUT2D eigenvalue weighted by molar-refractivity contribution is 0.493. The maximum atomic E-state index is 3.63. The molecule has 102 valence electrons. The quantitative estimate of drug-likeness (QED) is 0.701. The van der Waals surface area contributed by atoms with Crippen molar-refractivity contribution in [3.63, 3.8) is 0 Å². The number of rotatable bonds is 9. The highest BCUT2D eigenvalue weighted by atomic mass is 14.9. The van der Waals surface area contributed by atoms with E-state index in [0.717, 1.165) is 19.5 Å². The lowest BCUT2D eigenvalue weighted by Gasteiger charge is -2.15. The highest BCUT2D eigenvalue weighted by Crippen LogP contribution is 2.10. The van der Waals surface area contributed by atoms with Crippen LogP contribution in [0.25, 0.3) is 0 Å². The average molecular weight is 248 g/mol. The van der Waals surface area contributed by atoms with Crippen molar-refractivity contribution in [2.24, 2.45) is 0 Å². The second-order valence-corrected chi connectivity index (χ2v) is 5.05. The standard InChI is InChI=1S/C16H28N2/c1-4-5-8-14(2)18-13-16-10-7-6-9-15(16)11-12-17-3/h6-7,9-10,14,17-18H,4-5,8,11-13H2,1-3H3. The fourth-order valence-corrected chi connectivity index (χ4v) is 2.13. The molecule has 0 saturated carbocycles. The molecule has 1 aromatic carbocycles. The Labute approximate surface area is 112 Å². The number of benzene rings is 1. The van der Waals surface area contributed by atoms with Crippen molar-refractivity contribution >= 4 is 0 Å². The van der Waals surface area contributed by atoms with Gasteiger partial charge in [-0.3, -0.25) is 0 Å². The van der Waals surface area contributed by atoms with Crippen LogP contribution in [0.15, 0.2) is 24.3 Å². The van der Waals surface area contributed by atoms with Gasteiger partial charge >= 0.3 is 0 Å². The van der Waals surface area contributed by atoms with Crippen molar-refractivity contribution in [3.8, 4) is 0 Å². The number of hydrogen-bond acceptors (Lipinski definition) is 2. The second-order valence-electron chi connectivity index (χ2n) is 5.05. The molecule has 0 fully saturated rings. The van der Waals surface area contributed by atoms with Gasteiger partial charge in [0.15, 0.2) is 0 Å². The molecule has 0 aliphatic heterocycles. The fourth-order valence-electron chi connectivity index (χ4n) is 2.13. The van der Waals surface area contributed by atoms with E-state index in [9.17, 15) is 0 Å². The molecule has 0 spiro atoms. The van der Waals surface area contributed by atoms with Gasteiger partial charge in [0.1, 0.15) is 0 Å². The van der Waals surface area contributed by atoms with Crippen LogP contribution in [-0.2, 0) is 13.0 Å². The number of unbranched alkanes of at least 4 members (excludes halogenated alkanes) is 1. The molecule has 2 heteroatoms. The van der Waals surface area contributed by atoms with Crippen molar-refractivity contribution in [1.29, 1.82) is 0 Å². The van der Waals surface area contributed by atoms with E-state index in [-0.39, 0.29) is 0 Å². The Balaban J connectivity index is 2.45. The summed E-state index contributed by atoms with van der Waals surface area (Å²) in [6, 6.07) is 9.36. The van der Waals surface area contributed by atoms with Crippen LogP contribution in [0.5, 0.6) is 0 Å². The van der Waals surface area contributed by atoms with Crippen LogP contribution in [0.4, 0.5) is 0 Å². The largest absolute Gasteiger partial charge is 0.319 e. The third-order valence-electron chi connectivity index (χ3n) is 3.39. The zero-order chi connectivity index (χ0) is 13.2. The summed E-state index contributed by atoms with van der Waals surface area (Å²) < 4.78 is 0. The predicted octanol–water partition coefficient (Wildman–Crippen LogP) is 3.12. The zero-order valence-electron chi connectivity index (χ0n) is 12.1. The Bertz CT molecular complexity index is 323. The number of hydrogen-bond donors (Lipinski definition) is 2. The Kier molecular flexibility index (Phi) is 7.70. The Hall–Kier alpha value is -0.860. The van der Waals surface area contributed by atoms with E-state index in [0.29, 0.717) is 6.04 Å². The SMILES string of the molecule is CCCCC(C)NCc1ccccc1CCNC. The first kappa shape index (κ1) is 15.2. The zero-order valence-corrected chi connectivity index (χ0v) is 12.1. The highest BCUT2D eigenvalue weighted by molar-refractivity contribution is 5.27. The molecule has 0 aromatic heterocycles. The molecule has 18 heavy (non-hydrogen) atoms. The van der Waals surface area contributed by atoms with Crippen LogP contribution in [0.2, 0.25) is 0 Å². The van der Waals surface area contributed by atoms with Gasteiger partial charge in [0.25, 0.3) is 0 Å². The molecule has 1 atom stereocenters. The molecule has 1 unspecified atom stereocenters. The molecule has 1 aromatic rings. The summed E-state index contributed by atoms with van der Waals surface area (Å²) in [6.45, 7) is 6.57. The van der Waals surface area contributed by atoms with Crippen molar-refractivity contribution < 1.29 is 0 Å². The lowest BCUT2D eigenvalue weighted by atomic mass is 10.0. The van der Waals surface area contributed by atoms with E-state index < -0.39 is 0 Å². The van der Waals surface area contributed by atoms with Gasteiger partial charge in [-0.25, -0.2) is 0 Å². The van der Waals surface area contributed by atoms with Crippen LogP contribution < -0.4 is 10.6 Å². The summed E-state index contributed by atoms with van der Waals surface area (Å²) in [6.07, 6.45) is 4.98. The molecule has 1 rings (SSSR count). The van der Waals surface area contributed by atoms with Crippen molar-refractivity contribution in [2.75, 3.05) is 13.6 Å². The van der Waals surface area contributed by atoms with Crippen LogP contribution in [-0.4, -0.2) is 19.6 Å². The minimum absolute atomic E-state index is 0.613. The van der Waals surface area contributed by atoms with E-state index in [1.54, 1.807) is 0 Å². The van der Waals surface area contributed by atoms with Gasteiger partial charge < -0.3 is 10.6 Å². The molecule has 0 radical (unpaired) electrons. The van der Waals surface area contributed by atoms with Crippen molar-refractivity contribution in [2.45, 2.75) is 52.1 Å². The molecule has 0 aliphatic carbocycles. The van der Waals surface area contributed by atoms with Crippen LogP contribution in [0, 0.1) is 0 Å². The first-order chi connectivity index (χ1) is 8.77. The molecule has 0 saturated heterocycles. The molecular weight excluding hydrogens is 220 g/mol. The summed E-state index contributed by atoms with van der Waals surface area (Å²) in [5.41, 5.74) is 2.90. The summed E-state index contributed by atoms with van der Waals surface area (Å²) >= 11 is 0. The van der Waals surface area contributed by atoms with Crippen molar-refractivity contribution in [1.82, 2.24) is 10.6 Å². The molecule has 2 nitrogen and oxygen atoms in total. The topological polar surface area (TPSA) is 24.1 Å². The van der Waals surface area contributed by atoms with E-state index >= 15 is 0 Å². The van der Waals surface area contributed by atoms with Crippen molar-refractivity contribution in [3.05, 3.63) is 35.4 Å². The maximum absolute atomic E-state index is 3.63. The summed E-state index contributed by atoms with van der Waals surface area (Å²) in [7, 11) is 2.01. The molecule has 2 N–H and O–H groups in total. The number of nitrogens with one attached hydrogen (secondary N) is 2. The smallest absolute Gasteiger partial charge is 0.0210 e. The molecule has 0 amide bonds. The summed E-state index contributed by atoms with van der Waals surface area (Å²) in [5.74, 6) is 0. The maximum Gasteiger partial charge on any atom is 0.0210 e. The van der Waals surface area contributed by atoms with Crippen LogP contribution in [0.1, 0.15) is 44.2 Å². The summed E-state index contributed by atoms with van der Waals surface area (Å²) in [4.78, 5) is 0. The Morgan fingerprint density at radius 3 is 2.56 bits per heavy atom. The first-order valence-corrected chi connectivity index (χ1v) is 7.22. The van der Waals surface area contributed by atoms with E-state index in [1.165, 1.54) is 30.4 Å². The number of likely N-dealkylation sites (N-methyl/N-ethyl adjacent to an activating group) is 1. The van der Waals surface area contributed by atoms with Gasteiger partial charge in [0.05, 0.1) is 0 Å². The van der Waals surface area contributed by atoms with Gasteiger partial charge in [-0.15, -0.1) is 0 Å². The van der Waals surface area contributed by atoms with Crippen LogP contribution >= 0.6 is 0 Å². The molecule has 0 aliphatic rings. The summed E-state index contributed by atoms with van der Waals surface area (Å²) in [5, 5.41) is 6.85. The van der Waals surface area contributed by atoms with Gasteiger partial charge in [-0.05, 0) is 44.5 Å². The van der Waals surface area contributed by atoms with Gasteiger partial charge in [0, 0.05) is 12.6 Å². The normalized spacial score (nSPS) is 12.6. The second kappa shape index (κ2) is 9.12. The highest BCUT2D eigenvalue weighted by Gasteiger charge is 2.04. The van der Waals surface area contributed by atoms with Gasteiger partial charge in [-0.1, -0.05) is 44.0 Å². The molecular formula is C16H28N2. The van der Waals surface area contributed by atoms with E-state index in [4.69, 9.17) is 0 Å². The first-order valence-electron chi connectivity index (χ1n) is 7.22. The molecule has 0 heterocycles. The minimum Gasteiger partial charge on any atom is -0.319 e. The lowest BCUT2D eigenvalue weighted by Crippen LogP contribution is -2.26. The average Bonchev–Trinajstić information content (AvgIpc) is 2.41. The van der Waals surface area contributed by atoms with Gasteiger partial charge in [-0.2, -0.15) is 0 Å². The third kappa shape index (κ3) is 5.65. The Morgan fingerprint density at radius 1 is 1.17 bits per heavy atom. The molecule has 0 bridgehead atoms. The van der Waals surface area contributed by atoms with E-state index in [2.05, 4.69) is 48.7 Å². The third-order valence-corrected chi connectivity index (χ3v) is 3.39. The van der Waals surface area contributed by atoms with E-state index in [1.807, 2.05) is 7.05 Å². The monoisotopic (exact) mass is 248 g/mol. The Morgan fingerprint density at radius 2 is 1.89 bits per heavy atom. The fraction of sp³-hybridized carbons (Fsp3) is 0.625.